The SMILES string of the molecule is CCCC1CC=C(CCc2ccc(OCC)cc2)CC1. The zero-order valence-corrected chi connectivity index (χ0v) is 13.0. The molecule has 0 fully saturated rings. The highest BCUT2D eigenvalue weighted by Crippen LogP contribution is 2.29. The summed E-state index contributed by atoms with van der Waals surface area (Å²) in [6.07, 6.45) is 11.7. The van der Waals surface area contributed by atoms with Gasteiger partial charge in [0, 0.05) is 0 Å². The molecule has 110 valence electrons. The number of allylic oxidation sites excluding steroid dienone is 2. The van der Waals surface area contributed by atoms with Crippen LogP contribution in [-0.2, 0) is 6.42 Å². The Labute approximate surface area is 124 Å². The zero-order valence-electron chi connectivity index (χ0n) is 13.0. The quantitative estimate of drug-likeness (QED) is 0.592. The Balaban J connectivity index is 1.77. The maximum atomic E-state index is 5.48. The Morgan fingerprint density at radius 3 is 2.50 bits per heavy atom. The van der Waals surface area contributed by atoms with Crippen molar-refractivity contribution in [1.29, 1.82) is 0 Å². The largest absolute Gasteiger partial charge is 0.494 e. The number of benzene rings is 1. The molecule has 1 aliphatic rings. The molecule has 20 heavy (non-hydrogen) atoms. The summed E-state index contributed by atoms with van der Waals surface area (Å²) in [5.74, 6) is 1.93. The van der Waals surface area contributed by atoms with E-state index < -0.39 is 0 Å². The molecule has 0 aliphatic heterocycles. The van der Waals surface area contributed by atoms with Gasteiger partial charge in [-0.1, -0.05) is 43.5 Å². The first-order valence-electron chi connectivity index (χ1n) is 8.21. The first kappa shape index (κ1) is 15.2. The first-order chi connectivity index (χ1) is 9.81. The summed E-state index contributed by atoms with van der Waals surface area (Å²) < 4.78 is 5.48. The van der Waals surface area contributed by atoms with Gasteiger partial charge < -0.3 is 4.74 Å². The molecular formula is C19H28O. The summed E-state index contributed by atoms with van der Waals surface area (Å²) >= 11 is 0. The van der Waals surface area contributed by atoms with Gasteiger partial charge >= 0.3 is 0 Å². The van der Waals surface area contributed by atoms with E-state index in [1.807, 2.05) is 6.92 Å². The smallest absolute Gasteiger partial charge is 0.119 e. The van der Waals surface area contributed by atoms with E-state index in [0.717, 1.165) is 24.7 Å². The van der Waals surface area contributed by atoms with Gasteiger partial charge in [-0.25, -0.2) is 0 Å². The standard InChI is InChI=1S/C19H28O/c1-3-5-16-6-8-17(9-7-16)10-11-18-12-14-19(15-13-18)20-4-2/h8,12-16H,3-7,9-11H2,1-2H3. The van der Waals surface area contributed by atoms with E-state index in [9.17, 15) is 0 Å². The molecule has 0 saturated carbocycles. The van der Waals surface area contributed by atoms with E-state index in [4.69, 9.17) is 4.74 Å². The molecule has 0 bridgehead atoms. The van der Waals surface area contributed by atoms with Gasteiger partial charge in [-0.2, -0.15) is 0 Å². The van der Waals surface area contributed by atoms with Crippen LogP contribution in [0.2, 0.25) is 0 Å². The van der Waals surface area contributed by atoms with E-state index >= 15 is 0 Å². The van der Waals surface area contributed by atoms with Crippen LogP contribution in [-0.4, -0.2) is 6.61 Å². The van der Waals surface area contributed by atoms with Gasteiger partial charge in [0.05, 0.1) is 6.61 Å². The van der Waals surface area contributed by atoms with Crippen molar-refractivity contribution in [3.05, 3.63) is 41.5 Å². The van der Waals surface area contributed by atoms with Crippen LogP contribution >= 0.6 is 0 Å². The van der Waals surface area contributed by atoms with E-state index in [1.54, 1.807) is 5.57 Å². The highest BCUT2D eigenvalue weighted by molar-refractivity contribution is 5.28. The summed E-state index contributed by atoms with van der Waals surface area (Å²) in [5, 5.41) is 0. The van der Waals surface area contributed by atoms with Crippen molar-refractivity contribution in [1.82, 2.24) is 0 Å². The molecule has 0 N–H and O–H groups in total. The van der Waals surface area contributed by atoms with Gasteiger partial charge in [0.1, 0.15) is 5.75 Å². The number of aryl methyl sites for hydroxylation is 1. The molecule has 1 atom stereocenters. The average molecular weight is 272 g/mol. The minimum atomic E-state index is 0.741. The predicted octanol–water partition coefficient (Wildman–Crippen LogP) is 5.54. The molecule has 2 rings (SSSR count). The van der Waals surface area contributed by atoms with Gasteiger partial charge in [0.15, 0.2) is 0 Å². The molecule has 0 amide bonds. The topological polar surface area (TPSA) is 9.23 Å². The molecule has 0 radical (unpaired) electrons. The summed E-state index contributed by atoms with van der Waals surface area (Å²) in [7, 11) is 0. The van der Waals surface area contributed by atoms with Crippen molar-refractivity contribution >= 4 is 0 Å². The molecule has 0 spiro atoms. The Morgan fingerprint density at radius 2 is 1.90 bits per heavy atom. The second-order valence-electron chi connectivity index (χ2n) is 5.87. The fraction of sp³-hybridized carbons (Fsp3) is 0.579. The first-order valence-corrected chi connectivity index (χ1v) is 8.21. The van der Waals surface area contributed by atoms with Gasteiger partial charge in [-0.3, -0.25) is 0 Å². The summed E-state index contributed by atoms with van der Waals surface area (Å²) in [5.41, 5.74) is 3.09. The lowest BCUT2D eigenvalue weighted by Crippen LogP contribution is -2.06. The van der Waals surface area contributed by atoms with Crippen molar-refractivity contribution < 1.29 is 4.74 Å². The van der Waals surface area contributed by atoms with Crippen LogP contribution < -0.4 is 4.74 Å². The average Bonchev–Trinajstić information content (AvgIpc) is 2.49. The Kier molecular flexibility index (Phi) is 6.17. The van der Waals surface area contributed by atoms with Crippen molar-refractivity contribution in [2.45, 2.75) is 58.8 Å². The van der Waals surface area contributed by atoms with Crippen molar-refractivity contribution in [2.75, 3.05) is 6.61 Å². The third kappa shape index (κ3) is 4.70. The minimum absolute atomic E-state index is 0.741. The molecule has 0 heterocycles. The summed E-state index contributed by atoms with van der Waals surface area (Å²) in [4.78, 5) is 0. The van der Waals surface area contributed by atoms with Crippen LogP contribution in [0, 0.1) is 5.92 Å². The highest BCUT2D eigenvalue weighted by Gasteiger charge is 2.13. The fourth-order valence-electron chi connectivity index (χ4n) is 3.06. The lowest BCUT2D eigenvalue weighted by molar-refractivity contribution is 0.340. The van der Waals surface area contributed by atoms with Gasteiger partial charge in [-0.15, -0.1) is 0 Å². The van der Waals surface area contributed by atoms with E-state index in [1.165, 1.54) is 44.1 Å². The fourth-order valence-corrected chi connectivity index (χ4v) is 3.06. The Morgan fingerprint density at radius 1 is 1.10 bits per heavy atom. The van der Waals surface area contributed by atoms with Crippen LogP contribution in [0.3, 0.4) is 0 Å². The molecular weight excluding hydrogens is 244 g/mol. The van der Waals surface area contributed by atoms with Crippen molar-refractivity contribution in [2.24, 2.45) is 5.92 Å². The molecule has 1 heteroatoms. The lowest BCUT2D eigenvalue weighted by atomic mass is 9.85. The molecule has 1 unspecified atom stereocenters. The number of ether oxygens (including phenoxy) is 1. The molecule has 1 nitrogen and oxygen atoms in total. The van der Waals surface area contributed by atoms with E-state index in [2.05, 4.69) is 37.3 Å². The minimum Gasteiger partial charge on any atom is -0.494 e. The maximum absolute atomic E-state index is 5.48. The third-order valence-corrected chi connectivity index (χ3v) is 4.28. The van der Waals surface area contributed by atoms with Crippen LogP contribution in [0.4, 0.5) is 0 Å². The number of hydrogen-bond donors (Lipinski definition) is 0. The Bertz CT molecular complexity index is 416. The van der Waals surface area contributed by atoms with Crippen molar-refractivity contribution in [3.8, 4) is 5.75 Å². The molecule has 1 aliphatic carbocycles. The van der Waals surface area contributed by atoms with Crippen molar-refractivity contribution in [3.63, 3.8) is 0 Å². The summed E-state index contributed by atoms with van der Waals surface area (Å²) in [6.45, 7) is 5.06. The van der Waals surface area contributed by atoms with Crippen LogP contribution in [0.15, 0.2) is 35.9 Å². The second-order valence-corrected chi connectivity index (χ2v) is 5.87. The van der Waals surface area contributed by atoms with Crippen LogP contribution in [0.25, 0.3) is 0 Å². The normalized spacial score (nSPS) is 18.7. The summed E-state index contributed by atoms with van der Waals surface area (Å²) in [6, 6.07) is 8.58. The molecule has 0 aromatic heterocycles. The highest BCUT2D eigenvalue weighted by atomic mass is 16.5. The van der Waals surface area contributed by atoms with E-state index in [0.29, 0.717) is 0 Å². The predicted molar refractivity (Wildman–Crippen MR) is 86.3 cm³/mol. The van der Waals surface area contributed by atoms with Gasteiger partial charge in [0.2, 0.25) is 0 Å². The second kappa shape index (κ2) is 8.14. The Hall–Kier alpha value is -1.24. The van der Waals surface area contributed by atoms with Gasteiger partial charge in [0.25, 0.3) is 0 Å². The monoisotopic (exact) mass is 272 g/mol. The maximum Gasteiger partial charge on any atom is 0.119 e. The molecule has 0 saturated heterocycles. The van der Waals surface area contributed by atoms with Crippen LogP contribution in [0.5, 0.6) is 5.75 Å². The van der Waals surface area contributed by atoms with Crippen LogP contribution in [0.1, 0.15) is 57.9 Å². The van der Waals surface area contributed by atoms with Gasteiger partial charge in [-0.05, 0) is 62.6 Å². The molecule has 1 aromatic carbocycles. The number of hydrogen-bond acceptors (Lipinski definition) is 1. The molecule has 1 aromatic rings. The zero-order chi connectivity index (χ0) is 14.2. The lowest BCUT2D eigenvalue weighted by Gasteiger charge is -2.21. The number of rotatable bonds is 7. The third-order valence-electron chi connectivity index (χ3n) is 4.28. The van der Waals surface area contributed by atoms with E-state index in [-0.39, 0.29) is 0 Å².